The average Bonchev–Trinajstić information content (AvgIpc) is 2.76. The number of piperidine rings is 1. The van der Waals surface area contributed by atoms with Gasteiger partial charge in [0.05, 0.1) is 15.5 Å². The zero-order chi connectivity index (χ0) is 14.7. The standard InChI is InChI=1S/C14H23N3OS2/c1-4-10(18)12-11(15)13(19-3)14(20-12)16-9-5-7-17(2)8-6-9/h9,16H,4-8,15H2,1-3H3. The van der Waals surface area contributed by atoms with Crippen LogP contribution in [0.4, 0.5) is 10.7 Å². The molecular weight excluding hydrogens is 290 g/mol. The van der Waals surface area contributed by atoms with Gasteiger partial charge in [-0.25, -0.2) is 0 Å². The normalized spacial score (nSPS) is 17.4. The van der Waals surface area contributed by atoms with E-state index in [1.807, 2.05) is 13.2 Å². The van der Waals surface area contributed by atoms with Crippen LogP contribution in [0.25, 0.3) is 0 Å². The van der Waals surface area contributed by atoms with Crippen molar-refractivity contribution in [2.24, 2.45) is 0 Å². The molecule has 1 saturated heterocycles. The fraction of sp³-hybridized carbons (Fsp3) is 0.643. The lowest BCUT2D eigenvalue weighted by Crippen LogP contribution is -2.36. The predicted octanol–water partition coefficient (Wildman–Crippen LogP) is 3.15. The first-order valence-electron chi connectivity index (χ1n) is 7.01. The summed E-state index contributed by atoms with van der Waals surface area (Å²) >= 11 is 3.14. The van der Waals surface area contributed by atoms with Crippen LogP contribution in [0.2, 0.25) is 0 Å². The number of nitrogens with two attached hydrogens (primary N) is 1. The maximum atomic E-state index is 11.9. The van der Waals surface area contributed by atoms with Crippen molar-refractivity contribution in [1.29, 1.82) is 0 Å². The highest BCUT2D eigenvalue weighted by Gasteiger charge is 2.23. The number of nitrogen functional groups attached to an aromatic ring is 1. The first-order chi connectivity index (χ1) is 9.56. The van der Waals surface area contributed by atoms with Crippen molar-refractivity contribution >= 4 is 39.6 Å². The quantitative estimate of drug-likeness (QED) is 0.646. The van der Waals surface area contributed by atoms with Crippen molar-refractivity contribution in [3.63, 3.8) is 0 Å². The maximum Gasteiger partial charge on any atom is 0.174 e. The van der Waals surface area contributed by atoms with E-state index in [0.29, 0.717) is 23.0 Å². The molecule has 0 unspecified atom stereocenters. The summed E-state index contributed by atoms with van der Waals surface area (Å²) in [4.78, 5) is 16.0. The van der Waals surface area contributed by atoms with Gasteiger partial charge < -0.3 is 16.0 Å². The van der Waals surface area contributed by atoms with E-state index >= 15 is 0 Å². The van der Waals surface area contributed by atoms with Crippen molar-refractivity contribution < 1.29 is 4.79 Å². The molecule has 0 radical (unpaired) electrons. The Hall–Kier alpha value is -0.720. The lowest BCUT2D eigenvalue weighted by molar-refractivity contribution is 0.0992. The molecule has 1 fully saturated rings. The lowest BCUT2D eigenvalue weighted by atomic mass is 10.1. The van der Waals surface area contributed by atoms with Gasteiger partial charge in [-0.05, 0) is 39.2 Å². The first-order valence-corrected chi connectivity index (χ1v) is 9.05. The number of hydrogen-bond acceptors (Lipinski definition) is 6. The Labute approximate surface area is 129 Å². The molecule has 0 bridgehead atoms. The van der Waals surface area contributed by atoms with Gasteiger partial charge in [0.1, 0.15) is 5.00 Å². The fourth-order valence-electron chi connectivity index (χ4n) is 2.43. The van der Waals surface area contributed by atoms with Gasteiger partial charge in [-0.3, -0.25) is 4.79 Å². The fourth-order valence-corrected chi connectivity index (χ4v) is 4.54. The van der Waals surface area contributed by atoms with Gasteiger partial charge in [0, 0.05) is 12.5 Å². The zero-order valence-electron chi connectivity index (χ0n) is 12.4. The number of thioether (sulfide) groups is 1. The molecule has 0 amide bonds. The molecule has 0 saturated carbocycles. The van der Waals surface area contributed by atoms with E-state index in [1.54, 1.807) is 11.8 Å². The summed E-state index contributed by atoms with van der Waals surface area (Å²) < 4.78 is 0. The summed E-state index contributed by atoms with van der Waals surface area (Å²) in [5.41, 5.74) is 6.80. The molecule has 0 atom stereocenters. The first kappa shape index (κ1) is 15.7. The molecule has 112 valence electrons. The monoisotopic (exact) mass is 313 g/mol. The van der Waals surface area contributed by atoms with Crippen molar-refractivity contribution in [2.75, 3.05) is 37.4 Å². The Balaban J connectivity index is 2.16. The summed E-state index contributed by atoms with van der Waals surface area (Å²) in [6.07, 6.45) is 4.79. The van der Waals surface area contributed by atoms with Crippen LogP contribution in [-0.4, -0.2) is 43.1 Å². The number of thiophene rings is 1. The molecule has 1 aromatic heterocycles. The van der Waals surface area contributed by atoms with Crippen LogP contribution in [0.1, 0.15) is 35.9 Å². The summed E-state index contributed by atoms with van der Waals surface area (Å²) in [6, 6.07) is 0.486. The highest BCUT2D eigenvalue weighted by atomic mass is 32.2. The van der Waals surface area contributed by atoms with Crippen molar-refractivity contribution in [2.45, 2.75) is 37.1 Å². The van der Waals surface area contributed by atoms with Crippen LogP contribution < -0.4 is 11.1 Å². The Kier molecular flexibility index (Phi) is 5.35. The Morgan fingerprint density at radius 2 is 2.15 bits per heavy atom. The van der Waals surface area contributed by atoms with E-state index in [-0.39, 0.29) is 5.78 Å². The molecule has 0 aromatic carbocycles. The number of hydrogen-bond donors (Lipinski definition) is 2. The van der Waals surface area contributed by atoms with Crippen LogP contribution in [0, 0.1) is 0 Å². The molecule has 1 aliphatic rings. The van der Waals surface area contributed by atoms with Gasteiger partial charge in [0.15, 0.2) is 5.78 Å². The van der Waals surface area contributed by atoms with E-state index in [1.165, 1.54) is 11.3 Å². The maximum absolute atomic E-state index is 11.9. The minimum Gasteiger partial charge on any atom is -0.396 e. The number of nitrogens with zero attached hydrogens (tertiary/aromatic N) is 1. The number of ketones is 1. The highest BCUT2D eigenvalue weighted by molar-refractivity contribution is 7.99. The van der Waals surface area contributed by atoms with Crippen molar-refractivity contribution in [3.05, 3.63) is 4.88 Å². The minimum absolute atomic E-state index is 0.138. The second-order valence-corrected chi connectivity index (χ2v) is 7.04. The zero-order valence-corrected chi connectivity index (χ0v) is 14.0. The molecular formula is C14H23N3OS2. The largest absolute Gasteiger partial charge is 0.396 e. The second kappa shape index (κ2) is 6.83. The number of likely N-dealkylation sites (tertiary alicyclic amines) is 1. The van der Waals surface area contributed by atoms with E-state index < -0.39 is 0 Å². The van der Waals surface area contributed by atoms with Gasteiger partial charge >= 0.3 is 0 Å². The molecule has 6 heteroatoms. The van der Waals surface area contributed by atoms with Crippen LogP contribution in [0.15, 0.2) is 4.90 Å². The number of rotatable bonds is 5. The van der Waals surface area contributed by atoms with Gasteiger partial charge in [0.2, 0.25) is 0 Å². The summed E-state index contributed by atoms with van der Waals surface area (Å²) in [5.74, 6) is 0.138. The smallest absolute Gasteiger partial charge is 0.174 e. The van der Waals surface area contributed by atoms with Crippen molar-refractivity contribution in [3.8, 4) is 0 Å². The van der Waals surface area contributed by atoms with E-state index in [2.05, 4.69) is 17.3 Å². The molecule has 1 aliphatic heterocycles. The minimum atomic E-state index is 0.138. The van der Waals surface area contributed by atoms with E-state index in [4.69, 9.17) is 5.73 Å². The summed E-state index contributed by atoms with van der Waals surface area (Å²) in [7, 11) is 2.16. The van der Waals surface area contributed by atoms with Gasteiger partial charge in [0.25, 0.3) is 0 Å². The molecule has 1 aromatic rings. The lowest BCUT2D eigenvalue weighted by Gasteiger charge is -2.29. The number of carbonyl (C=O) groups excluding carboxylic acids is 1. The van der Waals surface area contributed by atoms with Gasteiger partial charge in [-0.1, -0.05) is 6.92 Å². The van der Waals surface area contributed by atoms with Crippen molar-refractivity contribution in [1.82, 2.24) is 4.90 Å². The molecule has 4 nitrogen and oxygen atoms in total. The van der Waals surface area contributed by atoms with Crippen LogP contribution >= 0.6 is 23.1 Å². The van der Waals surface area contributed by atoms with Crippen LogP contribution in [-0.2, 0) is 0 Å². The average molecular weight is 313 g/mol. The van der Waals surface area contributed by atoms with Crippen LogP contribution in [0.5, 0.6) is 0 Å². The molecule has 2 heterocycles. The Morgan fingerprint density at radius 3 is 2.70 bits per heavy atom. The van der Waals surface area contributed by atoms with Gasteiger partial charge in [-0.2, -0.15) is 0 Å². The van der Waals surface area contributed by atoms with E-state index in [9.17, 15) is 4.79 Å². The van der Waals surface area contributed by atoms with Crippen LogP contribution in [0.3, 0.4) is 0 Å². The number of carbonyl (C=O) groups is 1. The molecule has 0 spiro atoms. The summed E-state index contributed by atoms with van der Waals surface area (Å²) in [6.45, 7) is 4.12. The van der Waals surface area contributed by atoms with E-state index in [0.717, 1.165) is 35.8 Å². The summed E-state index contributed by atoms with van der Waals surface area (Å²) in [5, 5.41) is 4.67. The third-order valence-electron chi connectivity index (χ3n) is 3.73. The Bertz CT molecular complexity index is 479. The molecule has 3 N–H and O–H groups in total. The number of anilines is 2. The predicted molar refractivity (Wildman–Crippen MR) is 89.3 cm³/mol. The topological polar surface area (TPSA) is 58.4 Å². The Morgan fingerprint density at radius 1 is 1.50 bits per heavy atom. The molecule has 20 heavy (non-hydrogen) atoms. The number of nitrogens with one attached hydrogen (secondary N) is 1. The molecule has 0 aliphatic carbocycles. The number of Topliss-reactive ketones (excluding diaryl/α,β-unsaturated/α-hetero) is 1. The SMILES string of the molecule is CCC(=O)c1sc(NC2CCN(C)CC2)c(SC)c1N. The third kappa shape index (κ3) is 3.30. The second-order valence-electron chi connectivity index (χ2n) is 5.21. The molecule has 2 rings (SSSR count). The highest BCUT2D eigenvalue weighted by Crippen LogP contribution is 2.42. The van der Waals surface area contributed by atoms with Gasteiger partial charge in [-0.15, -0.1) is 23.1 Å². The third-order valence-corrected chi connectivity index (χ3v) is 5.87.